The highest BCUT2D eigenvalue weighted by atomic mass is 19.1. The molecule has 6 heteroatoms. The average molecular weight is 322 g/mol. The van der Waals surface area contributed by atoms with Gasteiger partial charge in [-0.05, 0) is 31.2 Å². The number of hydrogen-bond acceptors (Lipinski definition) is 4. The number of halogens is 1. The predicted octanol–water partition coefficient (Wildman–Crippen LogP) is 2.05. The molecule has 0 radical (unpaired) electrons. The number of aromatic hydroxyl groups is 1. The molecule has 0 bridgehead atoms. The van der Waals surface area contributed by atoms with Gasteiger partial charge < -0.3 is 10.0 Å². The third-order valence-corrected chi connectivity index (χ3v) is 4.10. The lowest BCUT2D eigenvalue weighted by molar-refractivity contribution is -0.132. The molecule has 0 aromatic heterocycles. The molecule has 0 aliphatic carbocycles. The lowest BCUT2D eigenvalue weighted by atomic mass is 10.1. The normalized spacial score (nSPS) is 15.7. The van der Waals surface area contributed by atoms with Crippen LogP contribution in [0.15, 0.2) is 18.2 Å². The molecule has 5 nitrogen and oxygen atoms in total. The Balaban J connectivity index is 1.80. The van der Waals surface area contributed by atoms with Crippen molar-refractivity contribution in [1.82, 2.24) is 9.80 Å². The summed E-state index contributed by atoms with van der Waals surface area (Å²) in [5, 5.41) is 9.12. The van der Waals surface area contributed by atoms with Crippen LogP contribution in [0.25, 0.3) is 0 Å². The van der Waals surface area contributed by atoms with Crippen LogP contribution in [-0.2, 0) is 4.79 Å². The summed E-state index contributed by atoms with van der Waals surface area (Å²) < 4.78 is 13.2. The highest BCUT2D eigenvalue weighted by Gasteiger charge is 2.21. The van der Waals surface area contributed by atoms with Gasteiger partial charge >= 0.3 is 0 Å². The first-order valence-corrected chi connectivity index (χ1v) is 8.03. The highest BCUT2D eigenvalue weighted by molar-refractivity contribution is 5.98. The molecule has 1 aromatic rings. The number of Topliss-reactive ketones (excluding diaryl/α,β-unsaturated/α-hetero) is 1. The summed E-state index contributed by atoms with van der Waals surface area (Å²) in [5.41, 5.74) is 0.181. The van der Waals surface area contributed by atoms with Gasteiger partial charge in [0.15, 0.2) is 17.3 Å². The molecule has 1 heterocycles. The molecule has 23 heavy (non-hydrogen) atoms. The molecule has 1 aliphatic heterocycles. The lowest BCUT2D eigenvalue weighted by Crippen LogP contribution is -2.48. The van der Waals surface area contributed by atoms with Crippen LogP contribution in [-0.4, -0.2) is 59.3 Å². The van der Waals surface area contributed by atoms with E-state index in [0.29, 0.717) is 13.1 Å². The van der Waals surface area contributed by atoms with Gasteiger partial charge in [0.05, 0.1) is 0 Å². The molecule has 1 aromatic carbocycles. The minimum absolute atomic E-state index is 0.0336. The number of ketones is 1. The fourth-order valence-corrected chi connectivity index (χ4v) is 2.74. The zero-order valence-electron chi connectivity index (χ0n) is 13.4. The van der Waals surface area contributed by atoms with Crippen molar-refractivity contribution in [3.8, 4) is 5.75 Å². The summed E-state index contributed by atoms with van der Waals surface area (Å²) >= 11 is 0. The third kappa shape index (κ3) is 4.76. The number of phenols is 1. The Kier molecular flexibility index (Phi) is 6.10. The quantitative estimate of drug-likeness (QED) is 0.814. The molecular weight excluding hydrogens is 299 g/mol. The van der Waals surface area contributed by atoms with Gasteiger partial charge in [-0.15, -0.1) is 0 Å². The fraction of sp³-hybridized carbons (Fsp3) is 0.529. The number of rotatable bonds is 6. The van der Waals surface area contributed by atoms with Crippen molar-refractivity contribution in [2.75, 3.05) is 32.7 Å². The van der Waals surface area contributed by atoms with Crippen LogP contribution in [0.1, 0.15) is 36.5 Å². The zero-order valence-corrected chi connectivity index (χ0v) is 13.4. The largest absolute Gasteiger partial charge is 0.505 e. The van der Waals surface area contributed by atoms with Gasteiger partial charge in [0.1, 0.15) is 0 Å². The third-order valence-electron chi connectivity index (χ3n) is 4.10. The SMILES string of the molecule is CCCN1CCN(C(=O)CCC(=O)c2ccc(O)c(F)c2)CC1. The number of piperazine rings is 1. The Bertz CT molecular complexity index is 569. The van der Waals surface area contributed by atoms with Crippen molar-refractivity contribution in [3.05, 3.63) is 29.6 Å². The molecule has 0 saturated carbocycles. The zero-order chi connectivity index (χ0) is 16.8. The summed E-state index contributed by atoms with van der Waals surface area (Å²) in [6.45, 7) is 6.32. The number of amides is 1. The molecule has 1 fully saturated rings. The fourth-order valence-electron chi connectivity index (χ4n) is 2.74. The smallest absolute Gasteiger partial charge is 0.223 e. The minimum atomic E-state index is -0.825. The van der Waals surface area contributed by atoms with Crippen LogP contribution in [0.4, 0.5) is 4.39 Å². The second-order valence-electron chi connectivity index (χ2n) is 5.81. The number of carbonyl (C=O) groups excluding carboxylic acids is 2. The molecule has 1 aliphatic rings. The van der Waals surface area contributed by atoms with Gasteiger partial charge in [-0.25, -0.2) is 4.39 Å². The number of hydrogen-bond donors (Lipinski definition) is 1. The summed E-state index contributed by atoms with van der Waals surface area (Å²) in [5.74, 6) is -1.63. The van der Waals surface area contributed by atoms with E-state index in [4.69, 9.17) is 5.11 Å². The van der Waals surface area contributed by atoms with E-state index in [1.54, 1.807) is 4.90 Å². The minimum Gasteiger partial charge on any atom is -0.505 e. The molecule has 2 rings (SSSR count). The van der Waals surface area contributed by atoms with Crippen molar-refractivity contribution in [2.45, 2.75) is 26.2 Å². The van der Waals surface area contributed by atoms with Crippen LogP contribution < -0.4 is 0 Å². The monoisotopic (exact) mass is 322 g/mol. The van der Waals surface area contributed by atoms with E-state index in [1.807, 2.05) is 0 Å². The van der Waals surface area contributed by atoms with Crippen molar-refractivity contribution in [1.29, 1.82) is 0 Å². The van der Waals surface area contributed by atoms with E-state index in [-0.39, 0.29) is 30.1 Å². The van der Waals surface area contributed by atoms with Gasteiger partial charge in [-0.1, -0.05) is 6.92 Å². The summed E-state index contributed by atoms with van der Waals surface area (Å²) in [4.78, 5) is 28.3. The Labute approximate surface area is 135 Å². The number of carbonyl (C=O) groups is 2. The van der Waals surface area contributed by atoms with Gasteiger partial charge in [0.25, 0.3) is 0 Å². The lowest BCUT2D eigenvalue weighted by Gasteiger charge is -2.34. The van der Waals surface area contributed by atoms with E-state index in [2.05, 4.69) is 11.8 Å². The maximum Gasteiger partial charge on any atom is 0.223 e. The van der Waals surface area contributed by atoms with Crippen LogP contribution in [0.2, 0.25) is 0 Å². The van der Waals surface area contributed by atoms with Crippen molar-refractivity contribution in [3.63, 3.8) is 0 Å². The van der Waals surface area contributed by atoms with Gasteiger partial charge in [0, 0.05) is 44.6 Å². The molecule has 126 valence electrons. The number of benzene rings is 1. The molecule has 1 N–H and O–H groups in total. The Morgan fingerprint density at radius 2 is 1.87 bits per heavy atom. The van der Waals surface area contributed by atoms with E-state index >= 15 is 0 Å². The number of nitrogens with zero attached hydrogens (tertiary/aromatic N) is 2. The van der Waals surface area contributed by atoms with Crippen molar-refractivity contribution in [2.24, 2.45) is 0 Å². The van der Waals surface area contributed by atoms with E-state index < -0.39 is 11.6 Å². The average Bonchev–Trinajstić information content (AvgIpc) is 2.56. The van der Waals surface area contributed by atoms with Gasteiger partial charge in [-0.2, -0.15) is 0 Å². The van der Waals surface area contributed by atoms with Gasteiger partial charge in [-0.3, -0.25) is 14.5 Å². The first kappa shape index (κ1) is 17.4. The second kappa shape index (κ2) is 8.06. The molecular formula is C17H23FN2O3. The maximum atomic E-state index is 13.2. The van der Waals surface area contributed by atoms with Crippen molar-refractivity contribution < 1.29 is 19.1 Å². The van der Waals surface area contributed by atoms with Crippen LogP contribution in [0.5, 0.6) is 5.75 Å². The molecule has 0 unspecified atom stereocenters. The molecule has 1 amide bonds. The molecule has 0 atom stereocenters. The molecule has 1 saturated heterocycles. The summed E-state index contributed by atoms with van der Waals surface area (Å²) in [7, 11) is 0. The Morgan fingerprint density at radius 3 is 2.48 bits per heavy atom. The topological polar surface area (TPSA) is 60.9 Å². The van der Waals surface area contributed by atoms with Crippen molar-refractivity contribution >= 4 is 11.7 Å². The van der Waals surface area contributed by atoms with Crippen LogP contribution >= 0.6 is 0 Å². The maximum absolute atomic E-state index is 13.2. The highest BCUT2D eigenvalue weighted by Crippen LogP contribution is 2.18. The standard InChI is InChI=1S/C17H23FN2O3/c1-2-7-19-8-10-20(11-9-19)17(23)6-5-15(21)13-3-4-16(22)14(18)12-13/h3-4,12,22H,2,5-11H2,1H3. The van der Waals surface area contributed by atoms with Crippen LogP contribution in [0, 0.1) is 5.82 Å². The van der Waals surface area contributed by atoms with E-state index in [1.165, 1.54) is 6.07 Å². The van der Waals surface area contributed by atoms with E-state index in [9.17, 15) is 14.0 Å². The Hall–Kier alpha value is -1.95. The molecule has 0 spiro atoms. The first-order chi connectivity index (χ1) is 11.0. The number of phenolic OH excluding ortho intramolecular Hbond substituents is 1. The summed E-state index contributed by atoms with van der Waals surface area (Å²) in [6.07, 6.45) is 1.29. The Morgan fingerprint density at radius 1 is 1.17 bits per heavy atom. The predicted molar refractivity (Wildman–Crippen MR) is 84.9 cm³/mol. The summed E-state index contributed by atoms with van der Waals surface area (Å²) in [6, 6.07) is 3.53. The van der Waals surface area contributed by atoms with Crippen LogP contribution in [0.3, 0.4) is 0 Å². The van der Waals surface area contributed by atoms with Gasteiger partial charge in [0.2, 0.25) is 5.91 Å². The second-order valence-corrected chi connectivity index (χ2v) is 5.81. The first-order valence-electron chi connectivity index (χ1n) is 8.03. The van der Waals surface area contributed by atoms with E-state index in [0.717, 1.165) is 38.2 Å².